The van der Waals surface area contributed by atoms with Gasteiger partial charge in [0.15, 0.2) is 0 Å². The SMILES string of the molecule is C=C(/C(C)=C\C)c1cccc(-c2ccc3c4c(n(-c5ccccc5)c3c2)-c2ccc(-c3cccc5ccccc35)cc2CC4)c1.CC. The van der Waals surface area contributed by atoms with Crippen molar-refractivity contribution in [3.05, 3.63) is 168 Å². The van der Waals surface area contributed by atoms with Gasteiger partial charge in [-0.05, 0) is 112 Å². The van der Waals surface area contributed by atoms with Crippen LogP contribution < -0.4 is 0 Å². The van der Waals surface area contributed by atoms with E-state index in [1.165, 1.54) is 77.6 Å². The lowest BCUT2D eigenvalue weighted by molar-refractivity contribution is 0.934. The number of allylic oxidation sites excluding steroid dienone is 3. The molecule has 0 atom stereocenters. The molecule has 8 rings (SSSR count). The lowest BCUT2D eigenvalue weighted by atomic mass is 9.86. The number of para-hydroxylation sites is 1. The number of aromatic nitrogens is 1. The van der Waals surface area contributed by atoms with E-state index in [-0.39, 0.29) is 0 Å². The zero-order valence-electron chi connectivity index (χ0n) is 27.8. The quantitative estimate of drug-likeness (QED) is 0.172. The second-order valence-electron chi connectivity index (χ2n) is 12.2. The van der Waals surface area contributed by atoms with Gasteiger partial charge in [0.2, 0.25) is 0 Å². The number of nitrogens with zero attached hydrogens (tertiary/aromatic N) is 1. The first-order valence-corrected chi connectivity index (χ1v) is 16.9. The predicted octanol–water partition coefficient (Wildman–Crippen LogP) is 12.9. The second kappa shape index (κ2) is 12.8. The third-order valence-electron chi connectivity index (χ3n) is 9.65. The first kappa shape index (κ1) is 30.3. The van der Waals surface area contributed by atoms with E-state index in [1.807, 2.05) is 13.8 Å². The van der Waals surface area contributed by atoms with Gasteiger partial charge in [0, 0.05) is 16.6 Å². The molecule has 1 aromatic heterocycles. The minimum absolute atomic E-state index is 1.02. The smallest absolute Gasteiger partial charge is 0.0575 e. The molecule has 0 saturated carbocycles. The molecule has 7 aromatic rings. The number of benzene rings is 6. The molecule has 0 spiro atoms. The highest BCUT2D eigenvalue weighted by Crippen LogP contribution is 2.44. The van der Waals surface area contributed by atoms with Crippen LogP contribution in [0.25, 0.3) is 66.4 Å². The van der Waals surface area contributed by atoms with E-state index in [9.17, 15) is 0 Å². The van der Waals surface area contributed by atoms with E-state index >= 15 is 0 Å². The van der Waals surface area contributed by atoms with Gasteiger partial charge in [-0.25, -0.2) is 0 Å². The summed E-state index contributed by atoms with van der Waals surface area (Å²) in [5.41, 5.74) is 16.4. The van der Waals surface area contributed by atoms with Gasteiger partial charge >= 0.3 is 0 Å². The normalized spacial score (nSPS) is 12.3. The average molecular weight is 608 g/mol. The van der Waals surface area contributed by atoms with Gasteiger partial charge in [0.1, 0.15) is 0 Å². The Hall–Kier alpha value is -5.40. The van der Waals surface area contributed by atoms with Gasteiger partial charge in [-0.1, -0.05) is 136 Å². The Labute approximate surface area is 279 Å². The summed E-state index contributed by atoms with van der Waals surface area (Å²) in [6.45, 7) is 12.6. The van der Waals surface area contributed by atoms with Gasteiger partial charge in [0.05, 0.1) is 11.2 Å². The average Bonchev–Trinajstić information content (AvgIpc) is 3.49. The third-order valence-corrected chi connectivity index (χ3v) is 9.65. The van der Waals surface area contributed by atoms with Crippen molar-refractivity contribution in [3.63, 3.8) is 0 Å². The molecule has 1 aliphatic rings. The fraction of sp³-hybridized carbons (Fsp3) is 0.130. The van der Waals surface area contributed by atoms with Crippen molar-refractivity contribution in [2.45, 2.75) is 40.5 Å². The van der Waals surface area contributed by atoms with Crippen LogP contribution in [0.5, 0.6) is 0 Å². The van der Waals surface area contributed by atoms with Gasteiger partial charge in [-0.15, -0.1) is 0 Å². The monoisotopic (exact) mass is 607 g/mol. The molecule has 0 saturated heterocycles. The standard InChI is InChI=1S/C44H35N.C2H6/c1-4-29(2)30(3)32-14-10-15-33(26-32)34-20-24-41-42-25-22-36-27-35(39-19-11-13-31-12-8-9-18-38(31)39)21-23-40(36)44(42)45(43(41)28-34)37-16-6-5-7-17-37;1-2/h4-21,23-24,26-28H,3,22,25H2,1-2H3;1-2H3/b29-4-;. The van der Waals surface area contributed by atoms with Gasteiger partial charge < -0.3 is 4.57 Å². The molecule has 6 aromatic carbocycles. The molecular weight excluding hydrogens is 567 g/mol. The highest BCUT2D eigenvalue weighted by atomic mass is 15.0. The lowest BCUT2D eigenvalue weighted by Gasteiger charge is -2.21. The first-order valence-electron chi connectivity index (χ1n) is 16.9. The van der Waals surface area contributed by atoms with Crippen LogP contribution in [0, 0.1) is 0 Å². The predicted molar refractivity (Wildman–Crippen MR) is 204 cm³/mol. The van der Waals surface area contributed by atoms with Crippen LogP contribution in [0.3, 0.4) is 0 Å². The van der Waals surface area contributed by atoms with Crippen molar-refractivity contribution < 1.29 is 0 Å². The second-order valence-corrected chi connectivity index (χ2v) is 12.2. The van der Waals surface area contributed by atoms with E-state index in [0.717, 1.165) is 24.0 Å². The van der Waals surface area contributed by atoms with Gasteiger partial charge in [-0.3, -0.25) is 0 Å². The van der Waals surface area contributed by atoms with Crippen LogP contribution in [0.4, 0.5) is 0 Å². The molecule has 0 bridgehead atoms. The molecule has 0 N–H and O–H groups in total. The zero-order valence-corrected chi connectivity index (χ0v) is 27.8. The number of hydrogen-bond acceptors (Lipinski definition) is 0. The molecule has 1 nitrogen and oxygen atoms in total. The van der Waals surface area contributed by atoms with Crippen molar-refractivity contribution in [1.82, 2.24) is 4.57 Å². The molecule has 0 fully saturated rings. The summed E-state index contributed by atoms with van der Waals surface area (Å²) >= 11 is 0. The van der Waals surface area contributed by atoms with Crippen LogP contribution in [0.15, 0.2) is 152 Å². The topological polar surface area (TPSA) is 4.93 Å². The Morgan fingerprint density at radius 1 is 0.638 bits per heavy atom. The first-order chi connectivity index (χ1) is 23.1. The fourth-order valence-electron chi connectivity index (χ4n) is 7.14. The zero-order chi connectivity index (χ0) is 32.5. The fourth-order valence-corrected chi connectivity index (χ4v) is 7.14. The van der Waals surface area contributed by atoms with Crippen molar-refractivity contribution >= 4 is 27.2 Å². The highest BCUT2D eigenvalue weighted by Gasteiger charge is 2.26. The largest absolute Gasteiger partial charge is 0.309 e. The summed E-state index contributed by atoms with van der Waals surface area (Å²) in [5, 5.41) is 3.92. The molecular formula is C46H41N. The Balaban J connectivity index is 0.00000172. The Morgan fingerprint density at radius 3 is 2.19 bits per heavy atom. The molecule has 1 aliphatic carbocycles. The van der Waals surface area contributed by atoms with E-state index < -0.39 is 0 Å². The van der Waals surface area contributed by atoms with Crippen LogP contribution in [-0.2, 0) is 12.8 Å². The van der Waals surface area contributed by atoms with E-state index in [2.05, 4.69) is 165 Å². The lowest BCUT2D eigenvalue weighted by Crippen LogP contribution is -2.07. The summed E-state index contributed by atoms with van der Waals surface area (Å²) in [6, 6.07) is 49.1. The van der Waals surface area contributed by atoms with Crippen molar-refractivity contribution in [1.29, 1.82) is 0 Å². The summed E-state index contributed by atoms with van der Waals surface area (Å²) in [5.74, 6) is 0. The maximum atomic E-state index is 4.37. The minimum atomic E-state index is 1.02. The van der Waals surface area contributed by atoms with Crippen molar-refractivity contribution in [3.8, 4) is 39.2 Å². The maximum Gasteiger partial charge on any atom is 0.0575 e. The number of fused-ring (bicyclic) bond motifs is 6. The summed E-state index contributed by atoms with van der Waals surface area (Å²) in [4.78, 5) is 0. The van der Waals surface area contributed by atoms with Crippen LogP contribution >= 0.6 is 0 Å². The number of rotatable bonds is 5. The van der Waals surface area contributed by atoms with E-state index in [4.69, 9.17) is 0 Å². The van der Waals surface area contributed by atoms with Crippen LogP contribution in [-0.4, -0.2) is 4.57 Å². The van der Waals surface area contributed by atoms with Crippen molar-refractivity contribution in [2.75, 3.05) is 0 Å². The molecule has 47 heavy (non-hydrogen) atoms. The summed E-state index contributed by atoms with van der Waals surface area (Å²) in [6.07, 6.45) is 4.18. The van der Waals surface area contributed by atoms with Gasteiger partial charge in [-0.2, -0.15) is 0 Å². The maximum absolute atomic E-state index is 4.37. The molecule has 230 valence electrons. The van der Waals surface area contributed by atoms with E-state index in [0.29, 0.717) is 0 Å². The molecule has 1 heterocycles. The Kier molecular flexibility index (Phi) is 8.23. The summed E-state index contributed by atoms with van der Waals surface area (Å²) < 4.78 is 2.50. The van der Waals surface area contributed by atoms with Crippen LogP contribution in [0.2, 0.25) is 0 Å². The molecule has 0 radical (unpaired) electrons. The third kappa shape index (κ3) is 5.32. The number of hydrogen-bond donors (Lipinski definition) is 0. The number of aryl methyl sites for hydroxylation is 2. The Morgan fingerprint density at radius 2 is 1.36 bits per heavy atom. The van der Waals surface area contributed by atoms with Crippen LogP contribution in [0.1, 0.15) is 44.4 Å². The highest BCUT2D eigenvalue weighted by molar-refractivity contribution is 6.00. The Bertz CT molecular complexity index is 2290. The van der Waals surface area contributed by atoms with Gasteiger partial charge in [0.25, 0.3) is 0 Å². The molecule has 1 heteroatoms. The summed E-state index contributed by atoms with van der Waals surface area (Å²) in [7, 11) is 0. The molecule has 0 amide bonds. The van der Waals surface area contributed by atoms with Crippen molar-refractivity contribution in [2.24, 2.45) is 0 Å². The minimum Gasteiger partial charge on any atom is -0.309 e. The molecule has 0 unspecified atom stereocenters. The molecule has 0 aliphatic heterocycles. The van der Waals surface area contributed by atoms with E-state index in [1.54, 1.807) is 0 Å².